The molecule has 2 aromatic rings. The van der Waals surface area contributed by atoms with E-state index in [0.717, 1.165) is 23.9 Å². The number of pyridine rings is 1. The van der Waals surface area contributed by atoms with Crippen molar-refractivity contribution >= 4 is 29.9 Å². The summed E-state index contributed by atoms with van der Waals surface area (Å²) < 4.78 is 5.77. The van der Waals surface area contributed by atoms with Crippen LogP contribution in [0.25, 0.3) is 0 Å². The number of rotatable bonds is 8. The average Bonchev–Trinajstić information content (AvgIpc) is 2.64. The van der Waals surface area contributed by atoms with Gasteiger partial charge in [0.05, 0.1) is 18.8 Å². The van der Waals surface area contributed by atoms with Crippen molar-refractivity contribution in [2.24, 2.45) is 4.99 Å². The summed E-state index contributed by atoms with van der Waals surface area (Å²) in [6, 6.07) is 14.1. The molecular weight excluding hydrogens is 439 g/mol. The molecule has 142 valence electrons. The van der Waals surface area contributed by atoms with Crippen LogP contribution in [0.4, 0.5) is 0 Å². The Labute approximate surface area is 173 Å². The zero-order valence-electron chi connectivity index (χ0n) is 15.7. The van der Waals surface area contributed by atoms with Crippen molar-refractivity contribution in [3.8, 4) is 5.75 Å². The Bertz CT molecular complexity index is 645. The van der Waals surface area contributed by atoms with Crippen molar-refractivity contribution in [1.82, 2.24) is 15.6 Å². The molecule has 0 atom stereocenters. The van der Waals surface area contributed by atoms with Gasteiger partial charge in [-0.2, -0.15) is 0 Å². The van der Waals surface area contributed by atoms with Gasteiger partial charge in [-0.05, 0) is 42.7 Å². The second-order valence-corrected chi connectivity index (χ2v) is 6.02. The predicted octanol–water partition coefficient (Wildman–Crippen LogP) is 3.96. The lowest BCUT2D eigenvalue weighted by Gasteiger charge is -2.12. The second kappa shape index (κ2) is 12.5. The summed E-state index contributed by atoms with van der Waals surface area (Å²) in [5.74, 6) is 2.20. The Hall–Kier alpha value is -1.83. The topological polar surface area (TPSA) is 58.5 Å². The molecule has 0 saturated heterocycles. The highest BCUT2D eigenvalue weighted by molar-refractivity contribution is 14.0. The van der Waals surface area contributed by atoms with E-state index in [9.17, 15) is 0 Å². The number of nitrogens with zero attached hydrogens (tertiary/aromatic N) is 2. The molecule has 0 aliphatic rings. The molecule has 0 saturated carbocycles. The first-order valence-corrected chi connectivity index (χ1v) is 8.84. The maximum Gasteiger partial charge on any atom is 0.191 e. The van der Waals surface area contributed by atoms with E-state index >= 15 is 0 Å². The van der Waals surface area contributed by atoms with Gasteiger partial charge >= 0.3 is 0 Å². The number of guanidine groups is 1. The van der Waals surface area contributed by atoms with E-state index in [-0.39, 0.29) is 24.0 Å². The third-order valence-electron chi connectivity index (χ3n) is 3.68. The number of benzene rings is 1. The largest absolute Gasteiger partial charge is 0.492 e. The molecule has 26 heavy (non-hydrogen) atoms. The SMILES string of the molecule is CCNC(=NCc1ccccn1)NCCOc1ccc(C(C)C)cc1.I. The molecule has 1 heterocycles. The molecule has 1 aromatic heterocycles. The quantitative estimate of drug-likeness (QED) is 0.267. The molecule has 6 heteroatoms. The minimum atomic E-state index is 0. The normalized spacial score (nSPS) is 11.0. The summed E-state index contributed by atoms with van der Waals surface area (Å²) in [7, 11) is 0. The van der Waals surface area contributed by atoms with Crippen LogP contribution >= 0.6 is 24.0 Å². The van der Waals surface area contributed by atoms with Crippen LogP contribution in [0.5, 0.6) is 5.75 Å². The Kier molecular flexibility index (Phi) is 10.7. The summed E-state index contributed by atoms with van der Waals surface area (Å²) in [6.45, 7) is 9.04. The molecule has 2 N–H and O–H groups in total. The number of ether oxygens (including phenoxy) is 1. The lowest BCUT2D eigenvalue weighted by atomic mass is 10.0. The van der Waals surface area contributed by atoms with Crippen LogP contribution in [0.3, 0.4) is 0 Å². The Morgan fingerprint density at radius 3 is 2.50 bits per heavy atom. The lowest BCUT2D eigenvalue weighted by molar-refractivity contribution is 0.322. The Morgan fingerprint density at radius 1 is 1.12 bits per heavy atom. The van der Waals surface area contributed by atoms with Gasteiger partial charge in [-0.3, -0.25) is 4.98 Å². The number of nitrogens with one attached hydrogen (secondary N) is 2. The second-order valence-electron chi connectivity index (χ2n) is 6.02. The smallest absolute Gasteiger partial charge is 0.191 e. The van der Waals surface area contributed by atoms with E-state index in [1.807, 2.05) is 37.3 Å². The van der Waals surface area contributed by atoms with Gasteiger partial charge in [0.25, 0.3) is 0 Å². The third kappa shape index (κ3) is 8.03. The van der Waals surface area contributed by atoms with Crippen LogP contribution in [0.15, 0.2) is 53.7 Å². The lowest BCUT2D eigenvalue weighted by Crippen LogP contribution is -2.39. The molecule has 2 rings (SSSR count). The molecule has 0 amide bonds. The number of aromatic nitrogens is 1. The fourth-order valence-electron chi connectivity index (χ4n) is 2.28. The summed E-state index contributed by atoms with van der Waals surface area (Å²) >= 11 is 0. The van der Waals surface area contributed by atoms with Crippen LogP contribution in [0.1, 0.15) is 37.9 Å². The standard InChI is InChI=1S/C20H28N4O.HI/c1-4-21-20(24-15-18-7-5-6-12-22-18)23-13-14-25-19-10-8-17(9-11-19)16(2)3;/h5-12,16H,4,13-15H2,1-3H3,(H2,21,23,24);1H. The highest BCUT2D eigenvalue weighted by Crippen LogP contribution is 2.18. The fourth-order valence-corrected chi connectivity index (χ4v) is 2.28. The molecule has 5 nitrogen and oxygen atoms in total. The summed E-state index contributed by atoms with van der Waals surface area (Å²) in [5.41, 5.74) is 2.27. The van der Waals surface area contributed by atoms with E-state index in [0.29, 0.717) is 25.6 Å². The van der Waals surface area contributed by atoms with Gasteiger partial charge < -0.3 is 15.4 Å². The predicted molar refractivity (Wildman–Crippen MR) is 118 cm³/mol. The highest BCUT2D eigenvalue weighted by atomic mass is 127. The van der Waals surface area contributed by atoms with Crippen LogP contribution in [0.2, 0.25) is 0 Å². The maximum atomic E-state index is 5.77. The number of hydrogen-bond acceptors (Lipinski definition) is 3. The number of halogens is 1. The van der Waals surface area contributed by atoms with Crippen LogP contribution in [-0.2, 0) is 6.54 Å². The van der Waals surface area contributed by atoms with Gasteiger partial charge in [-0.1, -0.05) is 32.0 Å². The minimum Gasteiger partial charge on any atom is -0.492 e. The van der Waals surface area contributed by atoms with Crippen molar-refractivity contribution < 1.29 is 4.74 Å². The van der Waals surface area contributed by atoms with E-state index in [1.165, 1.54) is 5.56 Å². The summed E-state index contributed by atoms with van der Waals surface area (Å²) in [6.07, 6.45) is 1.78. The first kappa shape index (κ1) is 22.2. The molecule has 0 aliphatic heterocycles. The maximum absolute atomic E-state index is 5.77. The minimum absolute atomic E-state index is 0. The van der Waals surface area contributed by atoms with Crippen molar-refractivity contribution in [3.63, 3.8) is 0 Å². The van der Waals surface area contributed by atoms with Crippen LogP contribution in [0, 0.1) is 0 Å². The molecular formula is C20H29IN4O. The third-order valence-corrected chi connectivity index (χ3v) is 3.68. The van der Waals surface area contributed by atoms with Gasteiger partial charge in [0.15, 0.2) is 5.96 Å². The Balaban J connectivity index is 0.00000338. The van der Waals surface area contributed by atoms with Crippen molar-refractivity contribution in [2.45, 2.75) is 33.2 Å². The zero-order chi connectivity index (χ0) is 17.9. The van der Waals surface area contributed by atoms with E-state index in [4.69, 9.17) is 4.74 Å². The van der Waals surface area contributed by atoms with Crippen molar-refractivity contribution in [3.05, 3.63) is 59.9 Å². The first-order chi connectivity index (χ1) is 12.2. The Morgan fingerprint density at radius 2 is 1.88 bits per heavy atom. The highest BCUT2D eigenvalue weighted by Gasteiger charge is 2.01. The van der Waals surface area contributed by atoms with Gasteiger partial charge in [0.2, 0.25) is 0 Å². The first-order valence-electron chi connectivity index (χ1n) is 8.84. The van der Waals surface area contributed by atoms with E-state index in [1.54, 1.807) is 6.20 Å². The number of hydrogen-bond donors (Lipinski definition) is 2. The fraction of sp³-hybridized carbons (Fsp3) is 0.400. The van der Waals surface area contributed by atoms with Gasteiger partial charge in [0, 0.05) is 12.7 Å². The van der Waals surface area contributed by atoms with Gasteiger partial charge in [0.1, 0.15) is 12.4 Å². The average molecular weight is 468 g/mol. The molecule has 0 spiro atoms. The zero-order valence-corrected chi connectivity index (χ0v) is 18.1. The van der Waals surface area contributed by atoms with E-state index < -0.39 is 0 Å². The molecule has 0 radical (unpaired) electrons. The monoisotopic (exact) mass is 468 g/mol. The van der Waals surface area contributed by atoms with Gasteiger partial charge in [-0.25, -0.2) is 4.99 Å². The van der Waals surface area contributed by atoms with Crippen molar-refractivity contribution in [1.29, 1.82) is 0 Å². The summed E-state index contributed by atoms with van der Waals surface area (Å²) in [5, 5.41) is 6.50. The molecule has 0 bridgehead atoms. The molecule has 0 unspecified atom stereocenters. The molecule has 0 aliphatic carbocycles. The molecule has 0 fully saturated rings. The van der Waals surface area contributed by atoms with E-state index in [2.05, 4.69) is 46.6 Å². The van der Waals surface area contributed by atoms with Gasteiger partial charge in [-0.15, -0.1) is 24.0 Å². The number of aliphatic imine (C=N–C) groups is 1. The van der Waals surface area contributed by atoms with Crippen LogP contribution in [-0.4, -0.2) is 30.6 Å². The summed E-state index contributed by atoms with van der Waals surface area (Å²) in [4.78, 5) is 8.81. The molecule has 1 aromatic carbocycles. The van der Waals surface area contributed by atoms with Crippen LogP contribution < -0.4 is 15.4 Å². The van der Waals surface area contributed by atoms with Crippen molar-refractivity contribution in [2.75, 3.05) is 19.7 Å².